The zero-order valence-corrected chi connectivity index (χ0v) is 7.17. The fraction of sp³-hybridized carbons (Fsp3) is 0.714. The van der Waals surface area contributed by atoms with E-state index < -0.39 is 0 Å². The van der Waals surface area contributed by atoms with Crippen LogP contribution in [-0.4, -0.2) is 5.88 Å². The Bertz CT molecular complexity index is 86.9. The van der Waals surface area contributed by atoms with Crippen molar-refractivity contribution in [3.63, 3.8) is 0 Å². The second kappa shape index (κ2) is 6.44. The van der Waals surface area contributed by atoms with Gasteiger partial charge in [0.25, 0.3) is 0 Å². The first-order chi connectivity index (χ1) is 4.31. The summed E-state index contributed by atoms with van der Waals surface area (Å²) in [6.45, 7) is 2.16. The van der Waals surface area contributed by atoms with Gasteiger partial charge < -0.3 is 0 Å². The Morgan fingerprint density at radius 1 is 1.56 bits per heavy atom. The maximum absolute atomic E-state index is 5.63. The molecular formula is C7H12Cl2. The van der Waals surface area contributed by atoms with Crippen molar-refractivity contribution in [1.29, 1.82) is 0 Å². The summed E-state index contributed by atoms with van der Waals surface area (Å²) in [5.74, 6) is 0.450. The molecule has 0 N–H and O–H groups in total. The molecule has 0 aromatic carbocycles. The fourth-order valence-electron chi connectivity index (χ4n) is 0.517. The molecule has 0 saturated carbocycles. The van der Waals surface area contributed by atoms with Crippen molar-refractivity contribution in [3.05, 3.63) is 11.1 Å². The van der Waals surface area contributed by atoms with E-state index in [0.29, 0.717) is 5.88 Å². The summed E-state index contributed by atoms with van der Waals surface area (Å²) in [5.41, 5.74) is 0. The molecule has 0 aliphatic heterocycles. The SMILES string of the molecule is CCCC/C=C(\Cl)CCl. The minimum Gasteiger partial charge on any atom is -0.121 e. The molecular weight excluding hydrogens is 155 g/mol. The third-order valence-electron chi connectivity index (χ3n) is 1.05. The van der Waals surface area contributed by atoms with Crippen LogP contribution >= 0.6 is 23.2 Å². The molecule has 2 heteroatoms. The van der Waals surface area contributed by atoms with E-state index >= 15 is 0 Å². The minimum absolute atomic E-state index is 0.450. The zero-order chi connectivity index (χ0) is 7.11. The second-order valence-corrected chi connectivity index (χ2v) is 2.68. The molecule has 0 spiro atoms. The number of rotatable bonds is 4. The molecule has 0 unspecified atom stereocenters. The van der Waals surface area contributed by atoms with Gasteiger partial charge in [0, 0.05) is 5.03 Å². The highest BCUT2D eigenvalue weighted by Crippen LogP contribution is 2.06. The maximum atomic E-state index is 5.63. The molecule has 0 aliphatic carbocycles. The number of alkyl halides is 1. The van der Waals surface area contributed by atoms with E-state index in [2.05, 4.69) is 6.92 Å². The van der Waals surface area contributed by atoms with Gasteiger partial charge in [0.1, 0.15) is 0 Å². The van der Waals surface area contributed by atoms with Gasteiger partial charge in [-0.25, -0.2) is 0 Å². The van der Waals surface area contributed by atoms with Crippen LogP contribution in [0.2, 0.25) is 0 Å². The van der Waals surface area contributed by atoms with Crippen molar-refractivity contribution in [2.75, 3.05) is 5.88 Å². The quantitative estimate of drug-likeness (QED) is 0.443. The highest BCUT2D eigenvalue weighted by Gasteiger charge is 1.85. The molecule has 0 fully saturated rings. The zero-order valence-electron chi connectivity index (χ0n) is 5.66. The molecule has 0 radical (unpaired) electrons. The largest absolute Gasteiger partial charge is 0.121 e. The lowest BCUT2D eigenvalue weighted by Crippen LogP contribution is -1.73. The first-order valence-corrected chi connectivity index (χ1v) is 4.13. The van der Waals surface area contributed by atoms with E-state index in [4.69, 9.17) is 23.2 Å². The topological polar surface area (TPSA) is 0 Å². The Labute approximate surface area is 66.8 Å². The van der Waals surface area contributed by atoms with E-state index in [0.717, 1.165) is 11.5 Å². The van der Waals surface area contributed by atoms with Crippen molar-refractivity contribution in [2.24, 2.45) is 0 Å². The summed E-state index contributed by atoms with van der Waals surface area (Å²) in [6, 6.07) is 0. The van der Waals surface area contributed by atoms with E-state index in [9.17, 15) is 0 Å². The Morgan fingerprint density at radius 2 is 2.22 bits per heavy atom. The van der Waals surface area contributed by atoms with Crippen molar-refractivity contribution < 1.29 is 0 Å². The Morgan fingerprint density at radius 3 is 2.67 bits per heavy atom. The molecule has 0 saturated heterocycles. The lowest BCUT2D eigenvalue weighted by atomic mass is 10.2. The van der Waals surface area contributed by atoms with E-state index in [1.54, 1.807) is 0 Å². The van der Waals surface area contributed by atoms with Crippen LogP contribution in [0, 0.1) is 0 Å². The summed E-state index contributed by atoms with van der Waals surface area (Å²) < 4.78 is 0. The smallest absolute Gasteiger partial charge is 0.0578 e. The Kier molecular flexibility index (Phi) is 6.67. The number of halogens is 2. The number of unbranched alkanes of at least 4 members (excludes halogenated alkanes) is 2. The summed E-state index contributed by atoms with van der Waals surface area (Å²) in [6.07, 6.45) is 5.45. The highest BCUT2D eigenvalue weighted by atomic mass is 35.5. The van der Waals surface area contributed by atoms with Crippen LogP contribution in [0.4, 0.5) is 0 Å². The lowest BCUT2D eigenvalue weighted by Gasteiger charge is -1.90. The molecule has 54 valence electrons. The first-order valence-electron chi connectivity index (χ1n) is 3.21. The van der Waals surface area contributed by atoms with Crippen molar-refractivity contribution >= 4 is 23.2 Å². The molecule has 0 heterocycles. The average molecular weight is 167 g/mol. The predicted octanol–water partition coefficient (Wildman–Crippen LogP) is 3.54. The van der Waals surface area contributed by atoms with Gasteiger partial charge in [0.15, 0.2) is 0 Å². The van der Waals surface area contributed by atoms with E-state index in [1.807, 2.05) is 6.08 Å². The second-order valence-electron chi connectivity index (χ2n) is 1.93. The average Bonchev–Trinajstić information content (AvgIpc) is 1.89. The minimum atomic E-state index is 0.450. The summed E-state index contributed by atoms with van der Waals surface area (Å²) in [4.78, 5) is 0. The summed E-state index contributed by atoms with van der Waals surface area (Å²) >= 11 is 11.1. The normalized spacial score (nSPS) is 12.1. The van der Waals surface area contributed by atoms with Crippen molar-refractivity contribution in [2.45, 2.75) is 26.2 Å². The van der Waals surface area contributed by atoms with Gasteiger partial charge in [0.2, 0.25) is 0 Å². The molecule has 0 rings (SSSR count). The Hall–Kier alpha value is 0.320. The van der Waals surface area contributed by atoms with Crippen LogP contribution in [0.1, 0.15) is 26.2 Å². The first kappa shape index (κ1) is 9.32. The molecule has 0 bridgehead atoms. The Balaban J connectivity index is 3.21. The molecule has 9 heavy (non-hydrogen) atoms. The van der Waals surface area contributed by atoms with Gasteiger partial charge >= 0.3 is 0 Å². The van der Waals surface area contributed by atoms with Crippen LogP contribution in [0.5, 0.6) is 0 Å². The predicted molar refractivity (Wildman–Crippen MR) is 44.2 cm³/mol. The highest BCUT2D eigenvalue weighted by molar-refractivity contribution is 6.35. The standard InChI is InChI=1S/C7H12Cl2/c1-2-3-4-5-7(9)6-8/h5H,2-4,6H2,1H3/b7-5-. The number of hydrogen-bond donors (Lipinski definition) is 0. The summed E-state index contributed by atoms with van der Waals surface area (Å²) in [7, 11) is 0. The molecule has 0 nitrogen and oxygen atoms in total. The molecule has 0 aromatic rings. The van der Waals surface area contributed by atoms with Gasteiger partial charge in [0.05, 0.1) is 5.88 Å². The number of hydrogen-bond acceptors (Lipinski definition) is 0. The van der Waals surface area contributed by atoms with Crippen LogP contribution < -0.4 is 0 Å². The monoisotopic (exact) mass is 166 g/mol. The number of allylic oxidation sites excluding steroid dienone is 2. The van der Waals surface area contributed by atoms with Gasteiger partial charge in [-0.2, -0.15) is 0 Å². The van der Waals surface area contributed by atoms with Crippen LogP contribution in [0.25, 0.3) is 0 Å². The maximum Gasteiger partial charge on any atom is 0.0578 e. The van der Waals surface area contributed by atoms with E-state index in [-0.39, 0.29) is 0 Å². The summed E-state index contributed by atoms with van der Waals surface area (Å²) in [5, 5.41) is 0.769. The van der Waals surface area contributed by atoms with Crippen molar-refractivity contribution in [1.82, 2.24) is 0 Å². The van der Waals surface area contributed by atoms with Gasteiger partial charge in [-0.3, -0.25) is 0 Å². The van der Waals surface area contributed by atoms with Gasteiger partial charge in [-0.05, 0) is 6.42 Å². The molecule has 0 atom stereocenters. The van der Waals surface area contributed by atoms with Crippen LogP contribution in [0.15, 0.2) is 11.1 Å². The van der Waals surface area contributed by atoms with Gasteiger partial charge in [-0.15, -0.1) is 11.6 Å². The van der Waals surface area contributed by atoms with Gasteiger partial charge in [-0.1, -0.05) is 37.4 Å². The third-order valence-corrected chi connectivity index (χ3v) is 1.76. The van der Waals surface area contributed by atoms with Crippen molar-refractivity contribution in [3.8, 4) is 0 Å². The fourth-order valence-corrected chi connectivity index (χ4v) is 0.736. The van der Waals surface area contributed by atoms with Crippen LogP contribution in [0.3, 0.4) is 0 Å². The van der Waals surface area contributed by atoms with Crippen LogP contribution in [-0.2, 0) is 0 Å². The van der Waals surface area contributed by atoms with E-state index in [1.165, 1.54) is 12.8 Å². The third kappa shape index (κ3) is 6.20. The lowest BCUT2D eigenvalue weighted by molar-refractivity contribution is 0.813. The molecule has 0 amide bonds. The molecule has 0 aromatic heterocycles. The molecule has 0 aliphatic rings.